The van der Waals surface area contributed by atoms with Crippen molar-refractivity contribution in [3.8, 4) is 17.1 Å². The van der Waals surface area contributed by atoms with Crippen molar-refractivity contribution in [3.63, 3.8) is 0 Å². The first-order chi connectivity index (χ1) is 17.5. The molecule has 1 N–H and O–H groups in total. The molecule has 36 heavy (non-hydrogen) atoms. The number of amides is 2. The van der Waals surface area contributed by atoms with Crippen molar-refractivity contribution >= 4 is 17.3 Å². The number of allylic oxidation sites excluding steroid dienone is 1. The van der Waals surface area contributed by atoms with Gasteiger partial charge in [0.15, 0.2) is 0 Å². The lowest BCUT2D eigenvalue weighted by atomic mass is 9.94. The van der Waals surface area contributed by atoms with E-state index in [4.69, 9.17) is 14.2 Å². The zero-order valence-electron chi connectivity index (χ0n) is 20.8. The van der Waals surface area contributed by atoms with E-state index in [2.05, 4.69) is 23.5 Å². The van der Waals surface area contributed by atoms with E-state index in [9.17, 15) is 4.79 Å². The van der Waals surface area contributed by atoms with Crippen LogP contribution in [-0.2, 0) is 6.42 Å². The first-order valence-corrected chi connectivity index (χ1v) is 11.9. The Morgan fingerprint density at radius 1 is 1.03 bits per heavy atom. The summed E-state index contributed by atoms with van der Waals surface area (Å²) in [6.45, 7) is 6.04. The molecule has 2 heterocycles. The number of rotatable bonds is 6. The molecule has 0 fully saturated rings. The van der Waals surface area contributed by atoms with Crippen molar-refractivity contribution in [1.29, 1.82) is 0 Å². The molecule has 0 aliphatic carbocycles. The summed E-state index contributed by atoms with van der Waals surface area (Å²) in [5.74, 6) is 1.59. The fourth-order valence-corrected chi connectivity index (χ4v) is 4.45. The first kappa shape index (κ1) is 23.4. The third-order valence-corrected chi connectivity index (χ3v) is 6.48. The number of urea groups is 1. The molecule has 7 heteroatoms. The summed E-state index contributed by atoms with van der Waals surface area (Å²) >= 11 is 0. The summed E-state index contributed by atoms with van der Waals surface area (Å²) in [6, 6.07) is 22.9. The highest BCUT2D eigenvalue weighted by Crippen LogP contribution is 2.39. The molecule has 7 nitrogen and oxygen atoms in total. The molecule has 1 atom stereocenters. The van der Waals surface area contributed by atoms with Gasteiger partial charge in [-0.2, -0.15) is 4.98 Å². The summed E-state index contributed by atoms with van der Waals surface area (Å²) < 4.78 is 11.1. The van der Waals surface area contributed by atoms with Gasteiger partial charge < -0.3 is 14.6 Å². The summed E-state index contributed by atoms with van der Waals surface area (Å²) in [6.07, 6.45) is 0.872. The Bertz CT molecular complexity index is 1420. The van der Waals surface area contributed by atoms with Crippen molar-refractivity contribution < 1.29 is 14.1 Å². The lowest BCUT2D eigenvalue weighted by Crippen LogP contribution is -2.46. The summed E-state index contributed by atoms with van der Waals surface area (Å²) in [5.41, 5.74) is 6.30. The van der Waals surface area contributed by atoms with Crippen LogP contribution in [0.5, 0.6) is 5.75 Å². The molecule has 0 saturated heterocycles. The SMILES string of the molecule is CCc1cccc(N2C(=O)NC(c3ccc(OC)cc3)C(c3nc(-c4ccc(C)cc4)no3)=C2C)c1. The number of carbonyl (C=O) groups is 1. The highest BCUT2D eigenvalue weighted by Gasteiger charge is 2.36. The molecule has 1 aliphatic rings. The van der Waals surface area contributed by atoms with Gasteiger partial charge in [-0.1, -0.05) is 66.2 Å². The van der Waals surface area contributed by atoms with Crippen molar-refractivity contribution in [2.45, 2.75) is 33.2 Å². The highest BCUT2D eigenvalue weighted by molar-refractivity contribution is 6.01. The number of hydrogen-bond donors (Lipinski definition) is 1. The Kier molecular flexibility index (Phi) is 6.29. The number of anilines is 1. The molecule has 0 radical (unpaired) electrons. The molecule has 3 aromatic carbocycles. The Labute approximate surface area is 210 Å². The fourth-order valence-electron chi connectivity index (χ4n) is 4.45. The lowest BCUT2D eigenvalue weighted by molar-refractivity contribution is 0.244. The minimum Gasteiger partial charge on any atom is -0.497 e. The van der Waals surface area contributed by atoms with Crippen LogP contribution in [0.2, 0.25) is 0 Å². The number of aryl methyl sites for hydroxylation is 2. The van der Waals surface area contributed by atoms with Crippen molar-refractivity contribution in [2.24, 2.45) is 0 Å². The maximum Gasteiger partial charge on any atom is 0.326 e. The number of methoxy groups -OCH3 is 1. The number of hydrogen-bond acceptors (Lipinski definition) is 5. The Morgan fingerprint density at radius 2 is 1.78 bits per heavy atom. The summed E-state index contributed by atoms with van der Waals surface area (Å²) in [7, 11) is 1.63. The molecule has 1 aromatic heterocycles. The fraction of sp³-hybridized carbons (Fsp3) is 0.207. The molecule has 2 amide bonds. The second-order valence-corrected chi connectivity index (χ2v) is 8.80. The topological polar surface area (TPSA) is 80.5 Å². The third kappa shape index (κ3) is 4.35. The maximum absolute atomic E-state index is 13.4. The van der Waals surface area contributed by atoms with Gasteiger partial charge in [0, 0.05) is 11.3 Å². The number of benzene rings is 3. The number of aromatic nitrogens is 2. The van der Waals surface area contributed by atoms with Crippen molar-refractivity contribution in [2.75, 3.05) is 12.0 Å². The summed E-state index contributed by atoms with van der Waals surface area (Å²) in [5, 5.41) is 7.41. The Hall–Kier alpha value is -4.39. The molecule has 182 valence electrons. The van der Waals surface area contributed by atoms with Crippen LogP contribution in [0.4, 0.5) is 10.5 Å². The average molecular weight is 481 g/mol. The molecule has 1 aliphatic heterocycles. The average Bonchev–Trinajstić information content (AvgIpc) is 3.38. The van der Waals surface area contributed by atoms with Crippen LogP contribution in [0.3, 0.4) is 0 Å². The van der Waals surface area contributed by atoms with Gasteiger partial charge in [-0.25, -0.2) is 4.79 Å². The van der Waals surface area contributed by atoms with Gasteiger partial charge in [-0.05, 0) is 55.7 Å². The van der Waals surface area contributed by atoms with Crippen molar-refractivity contribution in [3.05, 3.63) is 101 Å². The van der Waals surface area contributed by atoms with E-state index in [1.165, 1.54) is 0 Å². The Morgan fingerprint density at radius 3 is 2.47 bits per heavy atom. The van der Waals surface area contributed by atoms with E-state index in [1.54, 1.807) is 12.0 Å². The molecule has 4 aromatic rings. The number of nitrogens with one attached hydrogen (secondary N) is 1. The van der Waals surface area contributed by atoms with E-state index < -0.39 is 6.04 Å². The second-order valence-electron chi connectivity index (χ2n) is 8.80. The predicted molar refractivity (Wildman–Crippen MR) is 140 cm³/mol. The standard InChI is InChI=1S/C29H28N4O3/c1-5-20-7-6-8-23(17-20)33-19(3)25(26(30-29(33)34)21-13-15-24(35-4)16-14-21)28-31-27(32-36-28)22-11-9-18(2)10-12-22/h6-17,26H,5H2,1-4H3,(H,30,34). The van der Waals surface area contributed by atoms with E-state index in [0.717, 1.165) is 51.4 Å². The van der Waals surface area contributed by atoms with Crippen molar-refractivity contribution in [1.82, 2.24) is 15.5 Å². The predicted octanol–water partition coefficient (Wildman–Crippen LogP) is 6.32. The molecule has 5 rings (SSSR count). The van der Waals surface area contributed by atoms with Gasteiger partial charge in [0.25, 0.3) is 5.89 Å². The van der Waals surface area contributed by atoms with Crippen LogP contribution >= 0.6 is 0 Å². The molecular formula is C29H28N4O3. The molecule has 0 saturated carbocycles. The van der Waals surface area contributed by atoms with Crippen LogP contribution in [0.25, 0.3) is 17.0 Å². The van der Waals surface area contributed by atoms with Gasteiger partial charge in [0.05, 0.1) is 24.4 Å². The molecular weight excluding hydrogens is 452 g/mol. The lowest BCUT2D eigenvalue weighted by Gasteiger charge is -2.35. The summed E-state index contributed by atoms with van der Waals surface area (Å²) in [4.78, 5) is 19.8. The second kappa shape index (κ2) is 9.70. The van der Waals surface area contributed by atoms with Crippen LogP contribution in [0, 0.1) is 6.92 Å². The quantitative estimate of drug-likeness (QED) is 0.349. The van der Waals surface area contributed by atoms with E-state index in [1.807, 2.05) is 80.6 Å². The van der Waals surface area contributed by atoms with Gasteiger partial charge in [-0.15, -0.1) is 0 Å². The van der Waals surface area contributed by atoms with E-state index >= 15 is 0 Å². The maximum atomic E-state index is 13.4. The number of carbonyl (C=O) groups excluding carboxylic acids is 1. The smallest absolute Gasteiger partial charge is 0.326 e. The van der Waals surface area contributed by atoms with Crippen LogP contribution in [-0.4, -0.2) is 23.3 Å². The van der Waals surface area contributed by atoms with E-state index in [-0.39, 0.29) is 6.03 Å². The van der Waals surface area contributed by atoms with Crippen LogP contribution in [0.1, 0.15) is 42.5 Å². The largest absolute Gasteiger partial charge is 0.497 e. The third-order valence-electron chi connectivity index (χ3n) is 6.48. The van der Waals surface area contributed by atoms with Gasteiger partial charge in [-0.3, -0.25) is 4.90 Å². The molecule has 1 unspecified atom stereocenters. The zero-order valence-corrected chi connectivity index (χ0v) is 20.8. The van der Waals surface area contributed by atoms with Gasteiger partial charge in [0.1, 0.15) is 5.75 Å². The normalized spacial score (nSPS) is 15.7. The zero-order chi connectivity index (χ0) is 25.2. The van der Waals surface area contributed by atoms with E-state index in [0.29, 0.717) is 11.7 Å². The molecule has 0 spiro atoms. The number of ether oxygens (including phenoxy) is 1. The highest BCUT2D eigenvalue weighted by atomic mass is 16.5. The number of nitrogens with zero attached hydrogens (tertiary/aromatic N) is 3. The van der Waals surface area contributed by atoms with Crippen LogP contribution in [0.15, 0.2) is 83.0 Å². The van der Waals surface area contributed by atoms with Gasteiger partial charge in [0.2, 0.25) is 5.82 Å². The minimum absolute atomic E-state index is 0.219. The molecule has 0 bridgehead atoms. The monoisotopic (exact) mass is 480 g/mol. The minimum atomic E-state index is -0.472. The van der Waals surface area contributed by atoms with Gasteiger partial charge >= 0.3 is 6.03 Å². The Balaban J connectivity index is 1.64. The first-order valence-electron chi connectivity index (χ1n) is 11.9. The van der Waals surface area contributed by atoms with Crippen LogP contribution < -0.4 is 15.0 Å².